The minimum Gasteiger partial charge on any atom is -0.434 e. The van der Waals surface area contributed by atoms with E-state index in [1.165, 1.54) is 0 Å². The number of hydrogen-bond donors (Lipinski definition) is 1. The summed E-state index contributed by atoms with van der Waals surface area (Å²) in [5.74, 6) is 0.0736. The number of piperidine rings is 1. The lowest BCUT2D eigenvalue weighted by Crippen LogP contribution is -2.56. The number of aliphatic hydroxyl groups excluding tert-OH is 1. The Balaban J connectivity index is 2.22. The highest BCUT2D eigenvalue weighted by Crippen LogP contribution is 2.48. The van der Waals surface area contributed by atoms with Gasteiger partial charge in [0.15, 0.2) is 5.76 Å². The lowest BCUT2D eigenvalue weighted by Gasteiger charge is -2.44. The van der Waals surface area contributed by atoms with Crippen molar-refractivity contribution in [1.82, 2.24) is 9.96 Å². The smallest absolute Gasteiger partial charge is 0.434 e. The number of carbonyl (C=O) groups excluding carboxylic acids is 2. The molecule has 0 radical (unpaired) electrons. The van der Waals surface area contributed by atoms with Crippen LogP contribution in [0.5, 0.6) is 0 Å². The summed E-state index contributed by atoms with van der Waals surface area (Å²) in [5, 5.41) is 11.5. The van der Waals surface area contributed by atoms with E-state index in [0.717, 1.165) is 22.3 Å². The normalized spacial score (nSPS) is 18.8. The second kappa shape index (κ2) is 9.38. The minimum atomic E-state index is -0.847. The first-order chi connectivity index (χ1) is 14.8. The molecular formula is C23H32N2O6. The van der Waals surface area contributed by atoms with Crippen LogP contribution in [0.1, 0.15) is 42.0 Å². The van der Waals surface area contributed by atoms with Crippen molar-refractivity contribution in [2.24, 2.45) is 0 Å². The van der Waals surface area contributed by atoms with E-state index in [2.05, 4.69) is 0 Å². The molecule has 1 spiro atoms. The van der Waals surface area contributed by atoms with Gasteiger partial charge >= 0.3 is 6.16 Å². The highest BCUT2D eigenvalue weighted by Gasteiger charge is 2.55. The van der Waals surface area contributed by atoms with E-state index in [0.29, 0.717) is 37.3 Å². The van der Waals surface area contributed by atoms with Gasteiger partial charge in [-0.1, -0.05) is 17.7 Å². The molecule has 0 bridgehead atoms. The van der Waals surface area contributed by atoms with E-state index in [1.807, 2.05) is 38.0 Å². The molecule has 1 N–H and O–H groups in total. The number of carbonyl (C=O) groups is 2. The molecule has 0 aliphatic carbocycles. The number of β-amino-alcohol motifs (C(OH)–C–C–N with tert-alkyl or cyclic N) is 1. The van der Waals surface area contributed by atoms with Gasteiger partial charge in [-0.2, -0.15) is 5.06 Å². The standard InChI is InChI=1S/C23H32N2O6/c1-6-30-22(28)31-20-19(18-16(3)13-15(2)14-17(18)4)21(27)25(11-12-26)23(20)7-9-24(29-5)10-8-23/h13-14,26H,6-12H2,1-5H3. The third-order valence-corrected chi connectivity index (χ3v) is 6.13. The molecular weight excluding hydrogens is 400 g/mol. The van der Waals surface area contributed by atoms with Crippen LogP contribution in [0, 0.1) is 20.8 Å². The molecule has 0 unspecified atom stereocenters. The van der Waals surface area contributed by atoms with Crippen molar-refractivity contribution in [3.8, 4) is 0 Å². The Hall–Kier alpha value is -2.42. The van der Waals surface area contributed by atoms with Crippen LogP contribution in [0.15, 0.2) is 17.9 Å². The molecule has 1 saturated heterocycles. The molecule has 31 heavy (non-hydrogen) atoms. The molecule has 0 saturated carbocycles. The fraction of sp³-hybridized carbons (Fsp3) is 0.565. The molecule has 0 aromatic heterocycles. The molecule has 170 valence electrons. The number of amides is 1. The first-order valence-electron chi connectivity index (χ1n) is 10.7. The number of aliphatic hydroxyl groups is 1. The average molecular weight is 433 g/mol. The number of rotatable bonds is 6. The van der Waals surface area contributed by atoms with Crippen LogP contribution in [-0.2, 0) is 19.1 Å². The molecule has 3 rings (SSSR count). The van der Waals surface area contributed by atoms with Gasteiger partial charge in [0.25, 0.3) is 5.91 Å². The Bertz CT molecular complexity index is 863. The topological polar surface area (TPSA) is 88.5 Å². The molecule has 8 nitrogen and oxygen atoms in total. The van der Waals surface area contributed by atoms with Crippen molar-refractivity contribution in [3.63, 3.8) is 0 Å². The van der Waals surface area contributed by atoms with Crippen molar-refractivity contribution < 1.29 is 29.0 Å². The number of aryl methyl sites for hydroxylation is 3. The van der Waals surface area contributed by atoms with Gasteiger partial charge in [-0.3, -0.25) is 4.79 Å². The summed E-state index contributed by atoms with van der Waals surface area (Å²) in [6.07, 6.45) is 0.188. The molecule has 1 aromatic carbocycles. The zero-order valence-electron chi connectivity index (χ0n) is 19.0. The van der Waals surface area contributed by atoms with Gasteiger partial charge < -0.3 is 24.3 Å². The monoisotopic (exact) mass is 432 g/mol. The average Bonchev–Trinajstić information content (AvgIpc) is 2.91. The maximum Gasteiger partial charge on any atom is 0.513 e. The second-order valence-electron chi connectivity index (χ2n) is 8.09. The van der Waals surface area contributed by atoms with Crippen molar-refractivity contribution in [2.45, 2.75) is 46.1 Å². The summed E-state index contributed by atoms with van der Waals surface area (Å²) in [6, 6.07) is 4.03. The first kappa shape index (κ1) is 23.2. The summed E-state index contributed by atoms with van der Waals surface area (Å²) in [5.41, 5.74) is 3.25. The summed E-state index contributed by atoms with van der Waals surface area (Å²) >= 11 is 0. The van der Waals surface area contributed by atoms with Gasteiger partial charge in [0.2, 0.25) is 0 Å². The number of nitrogens with zero attached hydrogens (tertiary/aromatic N) is 2. The lowest BCUT2D eigenvalue weighted by atomic mass is 9.84. The maximum atomic E-state index is 13.7. The number of hydrogen-bond acceptors (Lipinski definition) is 7. The van der Waals surface area contributed by atoms with Gasteiger partial charge in [0.05, 0.1) is 25.9 Å². The van der Waals surface area contributed by atoms with E-state index in [-0.39, 0.29) is 25.7 Å². The van der Waals surface area contributed by atoms with Crippen LogP contribution in [0.4, 0.5) is 4.79 Å². The summed E-state index contributed by atoms with van der Waals surface area (Å²) in [6.45, 7) is 8.85. The molecule has 1 amide bonds. The Morgan fingerprint density at radius 3 is 2.29 bits per heavy atom. The van der Waals surface area contributed by atoms with Gasteiger partial charge in [-0.25, -0.2) is 4.79 Å². The molecule has 0 atom stereocenters. The Morgan fingerprint density at radius 1 is 1.16 bits per heavy atom. The van der Waals surface area contributed by atoms with Crippen LogP contribution in [0.2, 0.25) is 0 Å². The van der Waals surface area contributed by atoms with Crippen molar-refractivity contribution in [3.05, 3.63) is 40.1 Å². The largest absolute Gasteiger partial charge is 0.513 e. The predicted octanol–water partition coefficient (Wildman–Crippen LogP) is 2.73. The zero-order valence-corrected chi connectivity index (χ0v) is 19.0. The van der Waals surface area contributed by atoms with E-state index in [9.17, 15) is 14.7 Å². The van der Waals surface area contributed by atoms with E-state index in [4.69, 9.17) is 14.3 Å². The highest BCUT2D eigenvalue weighted by molar-refractivity contribution is 6.24. The van der Waals surface area contributed by atoms with Crippen molar-refractivity contribution in [1.29, 1.82) is 0 Å². The summed E-state index contributed by atoms with van der Waals surface area (Å²) in [7, 11) is 1.61. The summed E-state index contributed by atoms with van der Waals surface area (Å²) in [4.78, 5) is 33.2. The fourth-order valence-electron chi connectivity index (χ4n) is 4.90. The van der Waals surface area contributed by atoms with Gasteiger partial charge in [0.1, 0.15) is 5.54 Å². The fourth-order valence-corrected chi connectivity index (χ4v) is 4.90. The Morgan fingerprint density at radius 2 is 1.77 bits per heavy atom. The zero-order chi connectivity index (χ0) is 22.8. The third-order valence-electron chi connectivity index (χ3n) is 6.13. The highest BCUT2D eigenvalue weighted by atomic mass is 16.7. The Labute approximate surface area is 183 Å². The SMILES string of the molecule is CCOC(=O)OC1=C(c2c(C)cc(C)cc2C)C(=O)N(CCO)C12CCN(OC)CC2. The van der Waals surface area contributed by atoms with Gasteiger partial charge in [-0.05, 0) is 57.2 Å². The van der Waals surface area contributed by atoms with E-state index >= 15 is 0 Å². The Kier molecular flexibility index (Phi) is 7.03. The first-order valence-corrected chi connectivity index (χ1v) is 10.7. The molecule has 1 fully saturated rings. The maximum absolute atomic E-state index is 13.7. The van der Waals surface area contributed by atoms with Crippen molar-refractivity contribution in [2.75, 3.05) is 40.0 Å². The molecule has 2 aliphatic heterocycles. The molecule has 2 heterocycles. The van der Waals surface area contributed by atoms with Crippen LogP contribution in [0.25, 0.3) is 5.57 Å². The van der Waals surface area contributed by atoms with Crippen LogP contribution >= 0.6 is 0 Å². The van der Waals surface area contributed by atoms with Gasteiger partial charge in [0, 0.05) is 19.6 Å². The van der Waals surface area contributed by atoms with Crippen molar-refractivity contribution >= 4 is 17.6 Å². The number of benzene rings is 1. The van der Waals surface area contributed by atoms with Gasteiger partial charge in [-0.15, -0.1) is 0 Å². The molecule has 1 aromatic rings. The number of ether oxygens (including phenoxy) is 2. The van der Waals surface area contributed by atoms with E-state index < -0.39 is 11.7 Å². The van der Waals surface area contributed by atoms with Crippen LogP contribution in [0.3, 0.4) is 0 Å². The molecule has 2 aliphatic rings. The second-order valence-corrected chi connectivity index (χ2v) is 8.09. The van der Waals surface area contributed by atoms with Crippen LogP contribution in [-0.4, -0.2) is 72.6 Å². The molecule has 8 heteroatoms. The third kappa shape index (κ3) is 4.20. The lowest BCUT2D eigenvalue weighted by molar-refractivity contribution is -0.164. The van der Waals surface area contributed by atoms with E-state index in [1.54, 1.807) is 18.9 Å². The summed E-state index contributed by atoms with van der Waals surface area (Å²) < 4.78 is 10.8. The quantitative estimate of drug-likeness (QED) is 0.692. The van der Waals surface area contributed by atoms with Crippen LogP contribution < -0.4 is 0 Å². The number of hydroxylamine groups is 2. The predicted molar refractivity (Wildman–Crippen MR) is 115 cm³/mol. The minimum absolute atomic E-state index is 0.148.